The number of thioether (sulfide) groups is 1. The zero-order chi connectivity index (χ0) is 14.0. The van der Waals surface area contributed by atoms with Crippen LogP contribution >= 0.6 is 27.7 Å². The summed E-state index contributed by atoms with van der Waals surface area (Å²) in [5.74, 6) is -0.151. The van der Waals surface area contributed by atoms with E-state index in [2.05, 4.69) is 21.0 Å². The summed E-state index contributed by atoms with van der Waals surface area (Å²) in [5.41, 5.74) is 2.34. The van der Waals surface area contributed by atoms with E-state index in [9.17, 15) is 4.79 Å². The molecule has 2 rings (SSSR count). The number of carbonyl (C=O) groups is 1. The Bertz CT molecular complexity index is 625. The van der Waals surface area contributed by atoms with Crippen molar-refractivity contribution in [2.45, 2.75) is 17.7 Å². The Hall–Kier alpha value is -1.27. The smallest absolute Gasteiger partial charge is 0.335 e. The molecule has 0 amide bonds. The fourth-order valence-electron chi connectivity index (χ4n) is 1.67. The lowest BCUT2D eigenvalue weighted by molar-refractivity contribution is 0.0697. The number of aromatic nitrogens is 2. The van der Waals surface area contributed by atoms with E-state index >= 15 is 0 Å². The van der Waals surface area contributed by atoms with Gasteiger partial charge in [-0.15, -0.1) is 11.8 Å². The lowest BCUT2D eigenvalue weighted by Gasteiger charge is -2.05. The summed E-state index contributed by atoms with van der Waals surface area (Å²) in [7, 11) is 1.91. The van der Waals surface area contributed by atoms with Gasteiger partial charge in [0, 0.05) is 17.3 Å². The van der Waals surface area contributed by atoms with Crippen LogP contribution < -0.4 is 0 Å². The molecule has 1 aromatic heterocycles. The van der Waals surface area contributed by atoms with E-state index in [1.807, 2.05) is 30.8 Å². The highest BCUT2D eigenvalue weighted by molar-refractivity contribution is 9.10. The molecule has 0 aliphatic rings. The molecule has 0 aliphatic carbocycles. The summed E-state index contributed by atoms with van der Waals surface area (Å²) >= 11 is 5.09. The van der Waals surface area contributed by atoms with Crippen LogP contribution in [0.2, 0.25) is 0 Å². The average Bonchev–Trinajstić information content (AvgIpc) is 2.66. The Morgan fingerprint density at radius 2 is 2.21 bits per heavy atom. The topological polar surface area (TPSA) is 55.1 Å². The Morgan fingerprint density at radius 3 is 2.74 bits per heavy atom. The molecule has 0 saturated heterocycles. The Morgan fingerprint density at radius 1 is 1.47 bits per heavy atom. The van der Waals surface area contributed by atoms with Gasteiger partial charge in [0.25, 0.3) is 0 Å². The van der Waals surface area contributed by atoms with E-state index in [-0.39, 0.29) is 5.56 Å². The number of aryl methyl sites for hydroxylation is 2. The van der Waals surface area contributed by atoms with Crippen LogP contribution in [-0.2, 0) is 12.8 Å². The van der Waals surface area contributed by atoms with Gasteiger partial charge in [-0.2, -0.15) is 5.10 Å². The first-order valence-corrected chi connectivity index (χ1v) is 7.40. The van der Waals surface area contributed by atoms with Gasteiger partial charge in [0.1, 0.15) is 0 Å². The van der Waals surface area contributed by atoms with Crippen LogP contribution in [0.1, 0.15) is 21.6 Å². The second-order valence-electron chi connectivity index (χ2n) is 4.15. The van der Waals surface area contributed by atoms with Crippen molar-refractivity contribution >= 4 is 33.7 Å². The van der Waals surface area contributed by atoms with E-state index in [0.717, 1.165) is 26.5 Å². The maximum Gasteiger partial charge on any atom is 0.335 e. The Kier molecular flexibility index (Phi) is 4.31. The molecular weight excluding hydrogens is 328 g/mol. The number of hydrogen-bond acceptors (Lipinski definition) is 3. The Labute approximate surface area is 124 Å². The predicted molar refractivity (Wildman–Crippen MR) is 78.6 cm³/mol. The zero-order valence-electron chi connectivity index (χ0n) is 10.6. The molecule has 1 aromatic carbocycles. The van der Waals surface area contributed by atoms with Crippen molar-refractivity contribution in [3.8, 4) is 0 Å². The Balaban J connectivity index is 2.12. The van der Waals surface area contributed by atoms with E-state index in [0.29, 0.717) is 0 Å². The number of hydrogen-bond donors (Lipinski definition) is 1. The molecule has 1 heterocycles. The molecule has 0 spiro atoms. The second kappa shape index (κ2) is 5.79. The fraction of sp³-hybridized carbons (Fsp3) is 0.231. The maximum atomic E-state index is 10.9. The molecule has 100 valence electrons. The summed E-state index contributed by atoms with van der Waals surface area (Å²) < 4.78 is 2.67. The van der Waals surface area contributed by atoms with Crippen LogP contribution in [0.15, 0.2) is 33.8 Å². The van der Waals surface area contributed by atoms with E-state index in [4.69, 9.17) is 5.11 Å². The van der Waals surface area contributed by atoms with Gasteiger partial charge in [-0.1, -0.05) is 22.0 Å². The molecule has 0 saturated carbocycles. The third-order valence-electron chi connectivity index (χ3n) is 2.63. The predicted octanol–water partition coefficient (Wildman–Crippen LogP) is 3.48. The number of nitrogens with zero attached hydrogens (tertiary/aromatic N) is 2. The van der Waals surface area contributed by atoms with Gasteiger partial charge in [0.2, 0.25) is 0 Å². The fourth-order valence-corrected chi connectivity index (χ4v) is 3.41. The number of aromatic carboxylic acids is 1. The van der Waals surface area contributed by atoms with Crippen LogP contribution in [-0.4, -0.2) is 20.9 Å². The zero-order valence-corrected chi connectivity index (χ0v) is 13.0. The molecule has 2 aromatic rings. The van der Waals surface area contributed by atoms with Crippen LogP contribution in [0.5, 0.6) is 0 Å². The van der Waals surface area contributed by atoms with Gasteiger partial charge in [-0.25, -0.2) is 4.79 Å². The lowest BCUT2D eigenvalue weighted by atomic mass is 10.1. The number of carboxylic acid groups (broad SMARTS) is 1. The van der Waals surface area contributed by atoms with Gasteiger partial charge >= 0.3 is 5.97 Å². The molecule has 0 atom stereocenters. The number of benzene rings is 1. The summed E-state index contributed by atoms with van der Waals surface area (Å²) in [6.07, 6.45) is 0. The van der Waals surface area contributed by atoms with E-state index in [1.54, 1.807) is 23.9 Å². The molecule has 6 heteroatoms. The highest BCUT2D eigenvalue weighted by Gasteiger charge is 2.08. The number of rotatable bonds is 4. The quantitative estimate of drug-likeness (QED) is 0.865. The maximum absolute atomic E-state index is 10.9. The van der Waals surface area contributed by atoms with Crippen molar-refractivity contribution in [2.24, 2.45) is 7.05 Å². The highest BCUT2D eigenvalue weighted by Crippen LogP contribution is 2.27. The monoisotopic (exact) mass is 340 g/mol. The van der Waals surface area contributed by atoms with Crippen molar-refractivity contribution in [1.29, 1.82) is 0 Å². The molecule has 1 N–H and O–H groups in total. The third-order valence-corrected chi connectivity index (χ3v) is 4.51. The van der Waals surface area contributed by atoms with Gasteiger partial charge in [-0.05, 0) is 30.7 Å². The highest BCUT2D eigenvalue weighted by atomic mass is 79.9. The molecule has 0 bridgehead atoms. The minimum absolute atomic E-state index is 0.289. The van der Waals surface area contributed by atoms with Crippen LogP contribution in [0.3, 0.4) is 0 Å². The van der Waals surface area contributed by atoms with Crippen molar-refractivity contribution in [2.75, 3.05) is 0 Å². The minimum Gasteiger partial charge on any atom is -0.478 e. The summed E-state index contributed by atoms with van der Waals surface area (Å²) in [6.45, 7) is 1.96. The first-order valence-electron chi connectivity index (χ1n) is 5.62. The summed E-state index contributed by atoms with van der Waals surface area (Å²) in [6, 6.07) is 7.12. The molecular formula is C13H13BrN2O2S. The standard InChI is InChI=1S/C13H13BrN2O2S/c1-8-5-12(16(2)15-8)19-7-10-4-3-9(13(17)18)6-11(10)14/h3-6H,7H2,1-2H3,(H,17,18). The average molecular weight is 341 g/mol. The van der Waals surface area contributed by atoms with Crippen LogP contribution in [0.4, 0.5) is 0 Å². The lowest BCUT2D eigenvalue weighted by Crippen LogP contribution is -1.97. The van der Waals surface area contributed by atoms with E-state index < -0.39 is 5.97 Å². The summed E-state index contributed by atoms with van der Waals surface area (Å²) in [4.78, 5) is 10.9. The number of halogens is 1. The molecule has 0 radical (unpaired) electrons. The normalized spacial score (nSPS) is 10.7. The van der Waals surface area contributed by atoms with Crippen molar-refractivity contribution in [3.05, 3.63) is 45.6 Å². The SMILES string of the molecule is Cc1cc(SCc2ccc(C(=O)O)cc2Br)n(C)n1. The van der Waals surface area contributed by atoms with Crippen molar-refractivity contribution in [3.63, 3.8) is 0 Å². The second-order valence-corrected chi connectivity index (χ2v) is 6.00. The molecule has 0 unspecified atom stereocenters. The third kappa shape index (κ3) is 3.39. The number of carboxylic acids is 1. The molecule has 19 heavy (non-hydrogen) atoms. The molecule has 0 aliphatic heterocycles. The summed E-state index contributed by atoms with van der Waals surface area (Å²) in [5, 5.41) is 14.3. The van der Waals surface area contributed by atoms with Gasteiger partial charge in [-0.3, -0.25) is 4.68 Å². The first kappa shape index (κ1) is 14.1. The van der Waals surface area contributed by atoms with E-state index in [1.165, 1.54) is 0 Å². The van der Waals surface area contributed by atoms with Crippen LogP contribution in [0, 0.1) is 6.92 Å². The molecule has 0 fully saturated rings. The molecule has 4 nitrogen and oxygen atoms in total. The van der Waals surface area contributed by atoms with Gasteiger partial charge in [0.05, 0.1) is 16.3 Å². The van der Waals surface area contributed by atoms with Crippen LogP contribution in [0.25, 0.3) is 0 Å². The van der Waals surface area contributed by atoms with Gasteiger partial charge in [0.15, 0.2) is 0 Å². The van der Waals surface area contributed by atoms with Gasteiger partial charge < -0.3 is 5.11 Å². The minimum atomic E-state index is -0.915. The largest absolute Gasteiger partial charge is 0.478 e. The van der Waals surface area contributed by atoms with Crippen molar-refractivity contribution < 1.29 is 9.90 Å². The van der Waals surface area contributed by atoms with Crippen molar-refractivity contribution in [1.82, 2.24) is 9.78 Å². The first-order chi connectivity index (χ1) is 8.97.